The molecule has 0 atom stereocenters. The van der Waals surface area contributed by atoms with E-state index in [-0.39, 0.29) is 11.7 Å². The van der Waals surface area contributed by atoms with Gasteiger partial charge in [-0.05, 0) is 37.6 Å². The Morgan fingerprint density at radius 3 is 2.58 bits per heavy atom. The smallest absolute Gasteiger partial charge is 0.277 e. The molecule has 3 aromatic rings. The van der Waals surface area contributed by atoms with Gasteiger partial charge in [0.2, 0.25) is 11.8 Å². The lowest BCUT2D eigenvalue weighted by Gasteiger charge is -2.04. The Bertz CT molecular complexity index is 843. The molecule has 0 aliphatic rings. The van der Waals surface area contributed by atoms with E-state index in [2.05, 4.69) is 15.5 Å². The molecule has 0 aliphatic heterocycles. The molecule has 0 bridgehead atoms. The first kappa shape index (κ1) is 16.3. The summed E-state index contributed by atoms with van der Waals surface area (Å²) in [6.07, 6.45) is 0. The number of amides is 1. The van der Waals surface area contributed by atoms with Gasteiger partial charge in [-0.2, -0.15) is 0 Å². The molecule has 1 heterocycles. The van der Waals surface area contributed by atoms with E-state index in [1.807, 2.05) is 62.4 Å². The van der Waals surface area contributed by atoms with Crippen molar-refractivity contribution >= 4 is 23.4 Å². The summed E-state index contributed by atoms with van der Waals surface area (Å²) in [5.41, 5.74) is 3.89. The van der Waals surface area contributed by atoms with E-state index in [4.69, 9.17) is 4.42 Å². The first-order valence-electron chi connectivity index (χ1n) is 7.50. The highest BCUT2D eigenvalue weighted by Crippen LogP contribution is 2.25. The number of aromatic nitrogens is 2. The number of benzene rings is 2. The Morgan fingerprint density at radius 1 is 1.08 bits per heavy atom. The molecule has 0 fully saturated rings. The summed E-state index contributed by atoms with van der Waals surface area (Å²) < 4.78 is 5.63. The molecule has 2 aromatic carbocycles. The first-order valence-corrected chi connectivity index (χ1v) is 8.49. The van der Waals surface area contributed by atoms with E-state index in [1.54, 1.807) is 0 Å². The highest BCUT2D eigenvalue weighted by molar-refractivity contribution is 7.99. The lowest BCUT2D eigenvalue weighted by atomic mass is 10.1. The standard InChI is InChI=1S/C18H17N3O2S/c1-12-7-9-14(10-8-12)19-16(22)11-24-18-21-20-17(23-18)15-6-4-3-5-13(15)2/h3-10H,11H2,1-2H3,(H,19,22). The van der Waals surface area contributed by atoms with Crippen LogP contribution in [0.5, 0.6) is 0 Å². The van der Waals surface area contributed by atoms with Crippen LogP contribution in [-0.2, 0) is 4.79 Å². The molecule has 24 heavy (non-hydrogen) atoms. The molecule has 6 heteroatoms. The van der Waals surface area contributed by atoms with E-state index in [1.165, 1.54) is 11.8 Å². The Morgan fingerprint density at radius 2 is 1.83 bits per heavy atom. The van der Waals surface area contributed by atoms with Crippen molar-refractivity contribution in [2.75, 3.05) is 11.1 Å². The molecular formula is C18H17N3O2S. The van der Waals surface area contributed by atoms with E-state index < -0.39 is 0 Å². The van der Waals surface area contributed by atoms with Crippen LogP contribution in [0.15, 0.2) is 58.2 Å². The van der Waals surface area contributed by atoms with Crippen LogP contribution in [0.2, 0.25) is 0 Å². The number of carbonyl (C=O) groups is 1. The molecule has 122 valence electrons. The zero-order valence-corrected chi connectivity index (χ0v) is 14.3. The second-order valence-corrected chi connectivity index (χ2v) is 6.32. The fourth-order valence-corrected chi connectivity index (χ4v) is 2.71. The third-order valence-corrected chi connectivity index (χ3v) is 4.26. The number of hydrogen-bond acceptors (Lipinski definition) is 5. The van der Waals surface area contributed by atoms with Gasteiger partial charge in [-0.25, -0.2) is 0 Å². The second-order valence-electron chi connectivity index (χ2n) is 5.39. The van der Waals surface area contributed by atoms with E-state index in [9.17, 15) is 4.79 Å². The van der Waals surface area contributed by atoms with Gasteiger partial charge in [0.15, 0.2) is 0 Å². The zero-order chi connectivity index (χ0) is 16.9. The average Bonchev–Trinajstić information content (AvgIpc) is 3.04. The van der Waals surface area contributed by atoms with Crippen LogP contribution in [0.4, 0.5) is 5.69 Å². The molecular weight excluding hydrogens is 322 g/mol. The molecule has 1 aromatic heterocycles. The summed E-state index contributed by atoms with van der Waals surface area (Å²) in [6.45, 7) is 3.99. The van der Waals surface area contributed by atoms with Crippen LogP contribution in [-0.4, -0.2) is 21.9 Å². The number of aryl methyl sites for hydroxylation is 2. The number of carbonyl (C=O) groups excluding carboxylic acids is 1. The van der Waals surface area contributed by atoms with E-state index >= 15 is 0 Å². The number of anilines is 1. The van der Waals surface area contributed by atoms with Crippen molar-refractivity contribution in [2.24, 2.45) is 0 Å². The molecule has 0 radical (unpaired) electrons. The summed E-state index contributed by atoms with van der Waals surface area (Å²) in [4.78, 5) is 12.0. The fraction of sp³-hybridized carbons (Fsp3) is 0.167. The van der Waals surface area contributed by atoms with Gasteiger partial charge in [0.25, 0.3) is 5.22 Å². The minimum absolute atomic E-state index is 0.112. The van der Waals surface area contributed by atoms with Crippen LogP contribution in [0.3, 0.4) is 0 Å². The lowest BCUT2D eigenvalue weighted by Crippen LogP contribution is -2.13. The number of hydrogen-bond donors (Lipinski definition) is 1. The van der Waals surface area contributed by atoms with Gasteiger partial charge in [0.05, 0.1) is 5.75 Å². The summed E-state index contributed by atoms with van der Waals surface area (Å²) in [5.74, 6) is 0.567. The Labute approximate surface area is 144 Å². The van der Waals surface area contributed by atoms with Gasteiger partial charge in [-0.15, -0.1) is 10.2 Å². The molecule has 1 amide bonds. The van der Waals surface area contributed by atoms with Crippen LogP contribution < -0.4 is 5.32 Å². The van der Waals surface area contributed by atoms with Crippen molar-refractivity contribution in [2.45, 2.75) is 19.1 Å². The van der Waals surface area contributed by atoms with Crippen LogP contribution in [0, 0.1) is 13.8 Å². The molecule has 3 rings (SSSR count). The largest absolute Gasteiger partial charge is 0.411 e. The van der Waals surface area contributed by atoms with Crippen molar-refractivity contribution < 1.29 is 9.21 Å². The van der Waals surface area contributed by atoms with Crippen molar-refractivity contribution in [1.29, 1.82) is 0 Å². The van der Waals surface area contributed by atoms with Gasteiger partial charge in [0.1, 0.15) is 0 Å². The van der Waals surface area contributed by atoms with Crippen LogP contribution in [0.1, 0.15) is 11.1 Å². The van der Waals surface area contributed by atoms with Crippen molar-refractivity contribution in [1.82, 2.24) is 10.2 Å². The second kappa shape index (κ2) is 7.31. The summed E-state index contributed by atoms with van der Waals surface area (Å²) in [5, 5.41) is 11.3. The molecule has 0 unspecified atom stereocenters. The Kier molecular flexibility index (Phi) is 4.96. The molecule has 0 spiro atoms. The van der Waals surface area contributed by atoms with Crippen LogP contribution in [0.25, 0.3) is 11.5 Å². The van der Waals surface area contributed by atoms with Crippen molar-refractivity contribution in [3.63, 3.8) is 0 Å². The third-order valence-electron chi connectivity index (χ3n) is 3.44. The monoisotopic (exact) mass is 339 g/mol. The number of rotatable bonds is 5. The summed E-state index contributed by atoms with van der Waals surface area (Å²) in [7, 11) is 0. The third kappa shape index (κ3) is 4.02. The zero-order valence-electron chi connectivity index (χ0n) is 13.4. The molecule has 1 N–H and O–H groups in total. The highest BCUT2D eigenvalue weighted by Gasteiger charge is 2.12. The minimum Gasteiger partial charge on any atom is -0.411 e. The van der Waals surface area contributed by atoms with Crippen molar-refractivity contribution in [3.8, 4) is 11.5 Å². The van der Waals surface area contributed by atoms with Gasteiger partial charge in [0, 0.05) is 11.3 Å². The SMILES string of the molecule is Cc1ccc(NC(=O)CSc2nnc(-c3ccccc3C)o2)cc1. The van der Waals surface area contributed by atoms with Gasteiger partial charge < -0.3 is 9.73 Å². The Balaban J connectivity index is 1.58. The average molecular weight is 339 g/mol. The molecule has 0 aliphatic carbocycles. The maximum atomic E-state index is 12.0. The lowest BCUT2D eigenvalue weighted by molar-refractivity contribution is -0.113. The number of nitrogens with one attached hydrogen (secondary N) is 1. The van der Waals surface area contributed by atoms with E-state index in [0.717, 1.165) is 22.4 Å². The maximum absolute atomic E-state index is 12.0. The van der Waals surface area contributed by atoms with Crippen LogP contribution >= 0.6 is 11.8 Å². The summed E-state index contributed by atoms with van der Waals surface area (Å²) in [6, 6.07) is 15.5. The first-order chi connectivity index (χ1) is 11.6. The fourth-order valence-electron chi connectivity index (χ4n) is 2.15. The molecule has 0 saturated heterocycles. The minimum atomic E-state index is -0.112. The highest BCUT2D eigenvalue weighted by atomic mass is 32.2. The quantitative estimate of drug-likeness (QED) is 0.709. The maximum Gasteiger partial charge on any atom is 0.277 e. The van der Waals surface area contributed by atoms with Crippen molar-refractivity contribution in [3.05, 3.63) is 59.7 Å². The Hall–Kier alpha value is -2.60. The van der Waals surface area contributed by atoms with Gasteiger partial charge in [-0.3, -0.25) is 4.79 Å². The summed E-state index contributed by atoms with van der Waals surface area (Å²) >= 11 is 1.22. The number of thioether (sulfide) groups is 1. The topological polar surface area (TPSA) is 68.0 Å². The molecule has 0 saturated carbocycles. The van der Waals surface area contributed by atoms with E-state index in [0.29, 0.717) is 11.1 Å². The predicted molar refractivity (Wildman–Crippen MR) is 95.0 cm³/mol. The van der Waals surface area contributed by atoms with Gasteiger partial charge >= 0.3 is 0 Å². The molecule has 5 nitrogen and oxygen atoms in total. The predicted octanol–water partition coefficient (Wildman–Crippen LogP) is 4.08. The normalized spacial score (nSPS) is 10.6. The number of nitrogens with zero attached hydrogens (tertiary/aromatic N) is 2. The van der Waals surface area contributed by atoms with Gasteiger partial charge in [-0.1, -0.05) is 47.7 Å².